The van der Waals surface area contributed by atoms with Crippen LogP contribution in [0.15, 0.2) is 48.5 Å². The van der Waals surface area contributed by atoms with Crippen LogP contribution in [0, 0.1) is 5.92 Å². The van der Waals surface area contributed by atoms with E-state index < -0.39 is 0 Å². The van der Waals surface area contributed by atoms with Crippen molar-refractivity contribution in [3.05, 3.63) is 59.7 Å². The maximum atomic E-state index is 13.7. The minimum absolute atomic E-state index is 0.0250. The fourth-order valence-electron chi connectivity index (χ4n) is 5.75. The van der Waals surface area contributed by atoms with E-state index in [0.717, 1.165) is 63.0 Å². The summed E-state index contributed by atoms with van der Waals surface area (Å²) in [4.78, 5) is 45.9. The first kappa shape index (κ1) is 28.7. The summed E-state index contributed by atoms with van der Waals surface area (Å²) < 4.78 is 0. The number of carbonyl (C=O) groups excluding carboxylic acids is 3. The highest BCUT2D eigenvalue weighted by molar-refractivity contribution is 6.02. The number of hydrogen-bond acceptors (Lipinski definition) is 4. The molecule has 2 heterocycles. The van der Waals surface area contributed by atoms with E-state index in [1.807, 2.05) is 72.2 Å². The van der Waals surface area contributed by atoms with Crippen LogP contribution in [0.5, 0.6) is 0 Å². The predicted molar refractivity (Wildman–Crippen MR) is 157 cm³/mol. The Morgan fingerprint density at radius 3 is 2.23 bits per heavy atom. The molecule has 7 nitrogen and oxygen atoms in total. The number of likely N-dealkylation sites (tertiary alicyclic amines) is 1. The van der Waals surface area contributed by atoms with Crippen LogP contribution in [0.4, 0.5) is 11.4 Å². The highest BCUT2D eigenvalue weighted by atomic mass is 16.2. The highest BCUT2D eigenvalue weighted by Crippen LogP contribution is 2.29. The van der Waals surface area contributed by atoms with E-state index in [1.54, 1.807) is 0 Å². The standard InChI is InChI=1S/C32H44N4O3/c1-4-27(25-12-7-5-8-13-25)31(38)36-19-11-18-34(20-21-36)29-15-14-26(33-30(37)22-24(2)3)23-28(29)32(39)35-16-9-6-10-17-35/h5,7-8,12-15,23-24,27H,4,6,9-11,16-22H2,1-3H3,(H,33,37)/t27-/m1/s1. The topological polar surface area (TPSA) is 73.0 Å². The molecular formula is C32H44N4O3. The van der Waals surface area contributed by atoms with E-state index in [2.05, 4.69) is 17.1 Å². The molecule has 2 aliphatic heterocycles. The van der Waals surface area contributed by atoms with E-state index >= 15 is 0 Å². The van der Waals surface area contributed by atoms with Gasteiger partial charge in [-0.05, 0) is 61.8 Å². The van der Waals surface area contributed by atoms with Crippen molar-refractivity contribution >= 4 is 29.1 Å². The third-order valence-electron chi connectivity index (χ3n) is 7.80. The lowest BCUT2D eigenvalue weighted by Crippen LogP contribution is -2.39. The van der Waals surface area contributed by atoms with Crippen molar-refractivity contribution in [2.45, 2.75) is 65.2 Å². The van der Waals surface area contributed by atoms with E-state index in [9.17, 15) is 14.4 Å². The Bertz CT molecular complexity index is 1130. The zero-order chi connectivity index (χ0) is 27.8. The second kappa shape index (κ2) is 13.6. The fraction of sp³-hybridized carbons (Fsp3) is 0.531. The van der Waals surface area contributed by atoms with Crippen molar-refractivity contribution in [2.75, 3.05) is 49.5 Å². The molecule has 0 saturated carbocycles. The zero-order valence-electron chi connectivity index (χ0n) is 23.8. The van der Waals surface area contributed by atoms with Crippen molar-refractivity contribution < 1.29 is 14.4 Å². The van der Waals surface area contributed by atoms with E-state index in [0.29, 0.717) is 37.3 Å². The molecule has 2 aromatic carbocycles. The minimum atomic E-state index is -0.136. The number of carbonyl (C=O) groups is 3. The highest BCUT2D eigenvalue weighted by Gasteiger charge is 2.29. The number of hydrogen-bond donors (Lipinski definition) is 1. The molecular weight excluding hydrogens is 488 g/mol. The molecule has 1 atom stereocenters. The Morgan fingerprint density at radius 1 is 0.821 bits per heavy atom. The third kappa shape index (κ3) is 7.40. The number of piperidine rings is 1. The Labute approximate surface area is 233 Å². The maximum Gasteiger partial charge on any atom is 0.256 e. The quantitative estimate of drug-likeness (QED) is 0.485. The molecule has 3 amide bonds. The van der Waals surface area contributed by atoms with Gasteiger partial charge < -0.3 is 20.0 Å². The molecule has 2 aliphatic rings. The molecule has 39 heavy (non-hydrogen) atoms. The first-order chi connectivity index (χ1) is 18.9. The number of nitrogens with zero attached hydrogens (tertiary/aromatic N) is 3. The summed E-state index contributed by atoms with van der Waals surface area (Å²) in [6.45, 7) is 10.4. The van der Waals surface area contributed by atoms with Crippen LogP contribution < -0.4 is 10.2 Å². The smallest absolute Gasteiger partial charge is 0.256 e. The summed E-state index contributed by atoms with van der Waals surface area (Å²) in [6, 6.07) is 15.8. The maximum absolute atomic E-state index is 13.7. The predicted octanol–water partition coefficient (Wildman–Crippen LogP) is 5.53. The molecule has 0 aliphatic carbocycles. The van der Waals surface area contributed by atoms with Crippen molar-refractivity contribution in [2.24, 2.45) is 5.92 Å². The summed E-state index contributed by atoms with van der Waals surface area (Å²) in [5, 5.41) is 2.99. The van der Waals surface area contributed by atoms with Crippen molar-refractivity contribution in [3.8, 4) is 0 Å². The normalized spacial score (nSPS) is 17.1. The molecule has 0 aromatic heterocycles. The molecule has 210 valence electrons. The molecule has 0 spiro atoms. The summed E-state index contributed by atoms with van der Waals surface area (Å²) >= 11 is 0. The van der Waals surface area contributed by atoms with Gasteiger partial charge in [0.1, 0.15) is 0 Å². The lowest BCUT2D eigenvalue weighted by atomic mass is 9.95. The molecule has 1 N–H and O–H groups in total. The summed E-state index contributed by atoms with van der Waals surface area (Å²) in [6.07, 6.45) is 5.23. The van der Waals surface area contributed by atoms with Gasteiger partial charge in [0, 0.05) is 57.1 Å². The van der Waals surface area contributed by atoms with Crippen LogP contribution in [0.1, 0.15) is 81.1 Å². The number of benzene rings is 2. The average Bonchev–Trinajstić information content (AvgIpc) is 3.20. The van der Waals surface area contributed by atoms with Crippen LogP contribution in [0.2, 0.25) is 0 Å². The number of amides is 3. The Hall–Kier alpha value is -3.35. The number of rotatable bonds is 8. The van der Waals surface area contributed by atoms with E-state index in [1.165, 1.54) is 0 Å². The van der Waals surface area contributed by atoms with Crippen molar-refractivity contribution in [1.82, 2.24) is 9.80 Å². The first-order valence-electron chi connectivity index (χ1n) is 14.7. The van der Waals surface area contributed by atoms with Crippen molar-refractivity contribution in [1.29, 1.82) is 0 Å². The van der Waals surface area contributed by atoms with Gasteiger partial charge >= 0.3 is 0 Å². The monoisotopic (exact) mass is 532 g/mol. The Morgan fingerprint density at radius 2 is 1.54 bits per heavy atom. The molecule has 0 bridgehead atoms. The number of anilines is 2. The zero-order valence-corrected chi connectivity index (χ0v) is 23.8. The second-order valence-electron chi connectivity index (χ2n) is 11.3. The fourth-order valence-corrected chi connectivity index (χ4v) is 5.75. The Balaban J connectivity index is 1.54. The van der Waals surface area contributed by atoms with Gasteiger partial charge in [-0.3, -0.25) is 14.4 Å². The summed E-state index contributed by atoms with van der Waals surface area (Å²) in [5.41, 5.74) is 3.24. The van der Waals surface area contributed by atoms with Gasteiger partial charge in [0.2, 0.25) is 11.8 Å². The Kier molecular flexibility index (Phi) is 10.0. The molecule has 7 heteroatoms. The van der Waals surface area contributed by atoms with Gasteiger partial charge in [-0.1, -0.05) is 51.1 Å². The SMILES string of the molecule is CC[C@@H](C(=O)N1CCCN(c2ccc(NC(=O)CC(C)C)cc2C(=O)N2CCCCC2)CC1)c1ccccc1. The van der Waals surface area contributed by atoms with Crippen LogP contribution in [0.3, 0.4) is 0 Å². The van der Waals surface area contributed by atoms with E-state index in [-0.39, 0.29) is 29.6 Å². The van der Waals surface area contributed by atoms with Crippen LogP contribution >= 0.6 is 0 Å². The molecule has 2 aromatic rings. The number of nitrogens with one attached hydrogen (secondary N) is 1. The largest absolute Gasteiger partial charge is 0.369 e. The van der Waals surface area contributed by atoms with Gasteiger partial charge in [-0.25, -0.2) is 0 Å². The van der Waals surface area contributed by atoms with E-state index in [4.69, 9.17) is 0 Å². The van der Waals surface area contributed by atoms with Gasteiger partial charge in [0.05, 0.1) is 11.5 Å². The van der Waals surface area contributed by atoms with Gasteiger partial charge in [0.15, 0.2) is 0 Å². The van der Waals surface area contributed by atoms with Gasteiger partial charge in [-0.15, -0.1) is 0 Å². The minimum Gasteiger partial charge on any atom is -0.369 e. The summed E-state index contributed by atoms with van der Waals surface area (Å²) in [7, 11) is 0. The molecule has 0 radical (unpaired) electrons. The average molecular weight is 533 g/mol. The first-order valence-corrected chi connectivity index (χ1v) is 14.7. The lowest BCUT2D eigenvalue weighted by Gasteiger charge is -2.31. The van der Waals surface area contributed by atoms with Crippen LogP contribution in [0.25, 0.3) is 0 Å². The van der Waals surface area contributed by atoms with Crippen LogP contribution in [-0.2, 0) is 9.59 Å². The third-order valence-corrected chi connectivity index (χ3v) is 7.80. The molecule has 0 unspecified atom stereocenters. The lowest BCUT2D eigenvalue weighted by molar-refractivity contribution is -0.132. The van der Waals surface area contributed by atoms with Gasteiger partial charge in [-0.2, -0.15) is 0 Å². The van der Waals surface area contributed by atoms with Crippen molar-refractivity contribution in [3.63, 3.8) is 0 Å². The second-order valence-corrected chi connectivity index (χ2v) is 11.3. The van der Waals surface area contributed by atoms with Gasteiger partial charge in [0.25, 0.3) is 5.91 Å². The molecule has 2 saturated heterocycles. The molecule has 4 rings (SSSR count). The van der Waals surface area contributed by atoms with Crippen LogP contribution in [-0.4, -0.2) is 66.8 Å². The molecule has 2 fully saturated rings. The summed E-state index contributed by atoms with van der Waals surface area (Å²) in [5.74, 6) is 0.288.